The molecule has 0 bridgehead atoms. The van der Waals surface area contributed by atoms with Gasteiger partial charge < -0.3 is 0 Å². The molecule has 0 fully saturated rings. The lowest BCUT2D eigenvalue weighted by Gasteiger charge is -2.01. The normalized spacial score (nSPS) is 10.5. The van der Waals surface area contributed by atoms with Gasteiger partial charge in [-0.3, -0.25) is 4.98 Å². The van der Waals surface area contributed by atoms with Gasteiger partial charge in [-0.2, -0.15) is 0 Å². The average Bonchev–Trinajstić information content (AvgIpc) is 2.68. The first-order chi connectivity index (χ1) is 7.31. The second kappa shape index (κ2) is 4.53. The molecule has 0 saturated heterocycles. The molecule has 0 unspecified atom stereocenters. The van der Waals surface area contributed by atoms with Crippen molar-refractivity contribution in [3.8, 4) is 5.69 Å². The maximum absolute atomic E-state index is 4.21. The molecule has 0 amide bonds. The monoisotopic (exact) mass is 266 g/mol. The Morgan fingerprint density at radius 3 is 3.07 bits per heavy atom. The summed E-state index contributed by atoms with van der Waals surface area (Å²) in [4.78, 5) is 4.21. The Morgan fingerprint density at radius 2 is 2.33 bits per heavy atom. The molecule has 2 aromatic rings. The van der Waals surface area contributed by atoms with E-state index in [1.54, 1.807) is 10.9 Å². The van der Waals surface area contributed by atoms with Crippen molar-refractivity contribution in [3.05, 3.63) is 35.9 Å². The summed E-state index contributed by atoms with van der Waals surface area (Å²) < 4.78 is 1.76. The van der Waals surface area contributed by atoms with E-state index in [2.05, 4.69) is 31.2 Å². The van der Waals surface area contributed by atoms with Gasteiger partial charge in [-0.1, -0.05) is 21.1 Å². The zero-order valence-corrected chi connectivity index (χ0v) is 9.98. The Morgan fingerprint density at radius 1 is 1.47 bits per heavy atom. The van der Waals surface area contributed by atoms with Crippen LogP contribution in [0.4, 0.5) is 0 Å². The summed E-state index contributed by atoms with van der Waals surface area (Å²) in [5.41, 5.74) is 2.91. The fourth-order valence-electron chi connectivity index (χ4n) is 1.35. The lowest BCUT2D eigenvalue weighted by molar-refractivity contribution is 0.788. The van der Waals surface area contributed by atoms with E-state index in [4.69, 9.17) is 0 Å². The van der Waals surface area contributed by atoms with E-state index < -0.39 is 0 Å². The summed E-state index contributed by atoms with van der Waals surface area (Å²) in [5, 5.41) is 9.05. The van der Waals surface area contributed by atoms with Gasteiger partial charge >= 0.3 is 0 Å². The minimum Gasteiger partial charge on any atom is -0.259 e. The number of rotatable bonds is 3. The predicted molar refractivity (Wildman–Crippen MR) is 61.4 cm³/mol. The molecule has 15 heavy (non-hydrogen) atoms. The SMILES string of the molecule is Cc1ncccc1-n1cc(CCBr)nn1. The fraction of sp³-hybridized carbons (Fsp3) is 0.300. The Bertz CT molecular complexity index is 452. The van der Waals surface area contributed by atoms with Crippen molar-refractivity contribution >= 4 is 15.9 Å². The summed E-state index contributed by atoms with van der Waals surface area (Å²) in [6.45, 7) is 1.96. The minimum absolute atomic E-state index is 0.888. The Hall–Kier alpha value is -1.23. The van der Waals surface area contributed by atoms with E-state index in [1.807, 2.05) is 25.3 Å². The standard InChI is InChI=1S/C10H11BrN4/c1-8-10(3-2-6-12-8)15-7-9(4-5-11)13-14-15/h2-3,6-7H,4-5H2,1H3. The van der Waals surface area contributed by atoms with Gasteiger partial charge in [-0.05, 0) is 19.1 Å². The van der Waals surface area contributed by atoms with Crippen molar-refractivity contribution in [1.82, 2.24) is 20.0 Å². The van der Waals surface area contributed by atoms with E-state index in [0.717, 1.165) is 28.8 Å². The molecule has 78 valence electrons. The molecule has 5 heteroatoms. The molecule has 0 N–H and O–H groups in total. The number of alkyl halides is 1. The highest BCUT2D eigenvalue weighted by molar-refractivity contribution is 9.09. The van der Waals surface area contributed by atoms with Gasteiger partial charge in [0.15, 0.2) is 0 Å². The number of aryl methyl sites for hydroxylation is 2. The van der Waals surface area contributed by atoms with Crippen LogP contribution in [0, 0.1) is 6.92 Å². The van der Waals surface area contributed by atoms with Crippen molar-refractivity contribution < 1.29 is 0 Å². The third-order valence-electron chi connectivity index (χ3n) is 2.12. The number of pyridine rings is 1. The van der Waals surface area contributed by atoms with Crippen LogP contribution < -0.4 is 0 Å². The molecule has 2 aromatic heterocycles. The van der Waals surface area contributed by atoms with Crippen LogP contribution in [0.15, 0.2) is 24.5 Å². The zero-order valence-electron chi connectivity index (χ0n) is 8.39. The molecular formula is C10H11BrN4. The molecule has 2 rings (SSSR count). The second-order valence-electron chi connectivity index (χ2n) is 3.20. The summed E-state index contributed by atoms with van der Waals surface area (Å²) >= 11 is 3.38. The predicted octanol–water partition coefficient (Wildman–Crippen LogP) is 1.91. The lowest BCUT2D eigenvalue weighted by Crippen LogP contribution is -1.98. The van der Waals surface area contributed by atoms with Crippen LogP contribution in [0.3, 0.4) is 0 Å². The van der Waals surface area contributed by atoms with Crippen molar-refractivity contribution in [3.63, 3.8) is 0 Å². The highest BCUT2D eigenvalue weighted by atomic mass is 79.9. The van der Waals surface area contributed by atoms with Crippen LogP contribution in [-0.4, -0.2) is 25.3 Å². The third kappa shape index (κ3) is 2.23. The Kier molecular flexibility index (Phi) is 3.11. The number of halogens is 1. The third-order valence-corrected chi connectivity index (χ3v) is 2.51. The van der Waals surface area contributed by atoms with Crippen molar-refractivity contribution in [1.29, 1.82) is 0 Å². The molecule has 0 aliphatic carbocycles. The number of hydrogen-bond acceptors (Lipinski definition) is 3. The van der Waals surface area contributed by atoms with Crippen LogP contribution in [0.2, 0.25) is 0 Å². The van der Waals surface area contributed by atoms with E-state index in [0.29, 0.717) is 0 Å². The van der Waals surface area contributed by atoms with Crippen LogP contribution in [0.5, 0.6) is 0 Å². The summed E-state index contributed by atoms with van der Waals surface area (Å²) in [6.07, 6.45) is 4.60. The van der Waals surface area contributed by atoms with E-state index >= 15 is 0 Å². The summed E-state index contributed by atoms with van der Waals surface area (Å²) in [7, 11) is 0. The van der Waals surface area contributed by atoms with Gasteiger partial charge in [0.1, 0.15) is 0 Å². The van der Waals surface area contributed by atoms with Crippen molar-refractivity contribution in [2.45, 2.75) is 13.3 Å². The molecular weight excluding hydrogens is 256 g/mol. The Balaban J connectivity index is 2.33. The van der Waals surface area contributed by atoms with Crippen LogP contribution in [0.25, 0.3) is 5.69 Å². The van der Waals surface area contributed by atoms with Crippen LogP contribution >= 0.6 is 15.9 Å². The van der Waals surface area contributed by atoms with E-state index in [9.17, 15) is 0 Å². The van der Waals surface area contributed by atoms with Gasteiger partial charge in [0.25, 0.3) is 0 Å². The first kappa shape index (κ1) is 10.3. The molecule has 0 aromatic carbocycles. The smallest absolute Gasteiger partial charge is 0.0875 e. The molecule has 0 aliphatic rings. The second-order valence-corrected chi connectivity index (χ2v) is 3.99. The maximum atomic E-state index is 4.21. The maximum Gasteiger partial charge on any atom is 0.0875 e. The number of aromatic nitrogens is 4. The minimum atomic E-state index is 0.888. The summed E-state index contributed by atoms with van der Waals surface area (Å²) in [6, 6.07) is 3.88. The number of nitrogens with zero attached hydrogens (tertiary/aromatic N) is 4. The summed E-state index contributed by atoms with van der Waals surface area (Å²) in [5.74, 6) is 0. The molecule has 0 radical (unpaired) electrons. The van der Waals surface area contributed by atoms with Crippen LogP contribution in [-0.2, 0) is 6.42 Å². The van der Waals surface area contributed by atoms with Gasteiger partial charge in [0.05, 0.1) is 23.3 Å². The van der Waals surface area contributed by atoms with E-state index in [1.165, 1.54) is 0 Å². The van der Waals surface area contributed by atoms with Gasteiger partial charge in [-0.25, -0.2) is 4.68 Å². The molecule has 4 nitrogen and oxygen atoms in total. The first-order valence-corrected chi connectivity index (χ1v) is 5.82. The van der Waals surface area contributed by atoms with Crippen molar-refractivity contribution in [2.24, 2.45) is 0 Å². The highest BCUT2D eigenvalue weighted by Crippen LogP contribution is 2.09. The highest BCUT2D eigenvalue weighted by Gasteiger charge is 2.04. The topological polar surface area (TPSA) is 43.6 Å². The van der Waals surface area contributed by atoms with Gasteiger partial charge in [-0.15, -0.1) is 5.10 Å². The first-order valence-electron chi connectivity index (χ1n) is 4.70. The average molecular weight is 267 g/mol. The fourth-order valence-corrected chi connectivity index (χ4v) is 1.75. The lowest BCUT2D eigenvalue weighted by atomic mass is 10.3. The quantitative estimate of drug-likeness (QED) is 0.798. The molecule has 0 spiro atoms. The van der Waals surface area contributed by atoms with Crippen LogP contribution in [0.1, 0.15) is 11.4 Å². The van der Waals surface area contributed by atoms with Gasteiger partial charge in [0, 0.05) is 17.9 Å². The zero-order chi connectivity index (χ0) is 10.7. The molecule has 0 aliphatic heterocycles. The molecule has 0 saturated carbocycles. The van der Waals surface area contributed by atoms with Gasteiger partial charge in [0.2, 0.25) is 0 Å². The van der Waals surface area contributed by atoms with E-state index in [-0.39, 0.29) is 0 Å². The van der Waals surface area contributed by atoms with Crippen molar-refractivity contribution in [2.75, 3.05) is 5.33 Å². The number of hydrogen-bond donors (Lipinski definition) is 0. The largest absolute Gasteiger partial charge is 0.259 e. The molecule has 0 atom stereocenters. The Labute approximate surface area is 96.5 Å². The molecule has 2 heterocycles.